The van der Waals surface area contributed by atoms with Gasteiger partial charge in [0.25, 0.3) is 5.91 Å². The number of rotatable bonds is 10. The van der Waals surface area contributed by atoms with Gasteiger partial charge in [-0.05, 0) is 67.4 Å². The van der Waals surface area contributed by atoms with Crippen molar-refractivity contribution < 1.29 is 23.1 Å². The van der Waals surface area contributed by atoms with Gasteiger partial charge in [-0.15, -0.1) is 0 Å². The van der Waals surface area contributed by atoms with E-state index < -0.39 is 0 Å². The zero-order valence-corrected chi connectivity index (χ0v) is 19.1. The first kappa shape index (κ1) is 23.1. The van der Waals surface area contributed by atoms with Gasteiger partial charge in [-0.3, -0.25) is 9.89 Å². The molecule has 0 spiro atoms. The molecular weight excluding hydrogens is 437 g/mol. The maximum Gasteiger partial charge on any atom is 0.289 e. The van der Waals surface area contributed by atoms with Gasteiger partial charge < -0.3 is 18.8 Å². The van der Waals surface area contributed by atoms with Crippen LogP contribution in [0.4, 0.5) is 4.39 Å². The molecule has 2 aromatic carbocycles. The summed E-state index contributed by atoms with van der Waals surface area (Å²) in [6, 6.07) is 18.9. The Morgan fingerprint density at radius 3 is 2.62 bits per heavy atom. The Morgan fingerprint density at radius 2 is 1.85 bits per heavy atom. The first-order valence-electron chi connectivity index (χ1n) is 10.9. The van der Waals surface area contributed by atoms with Crippen molar-refractivity contribution in [2.75, 3.05) is 20.7 Å². The van der Waals surface area contributed by atoms with Crippen molar-refractivity contribution in [3.05, 3.63) is 89.8 Å². The van der Waals surface area contributed by atoms with Gasteiger partial charge in [0.2, 0.25) is 0 Å². The van der Waals surface area contributed by atoms with E-state index in [1.54, 1.807) is 43.3 Å². The Bertz CT molecular complexity index is 1230. The molecule has 176 valence electrons. The summed E-state index contributed by atoms with van der Waals surface area (Å²) < 4.78 is 29.8. The standard InChI is InChI=1S/C26H26FN3O4/c1-30(15-5-6-20-16-22(29-28-20)18-9-11-19(27)12-10-18)26(31)25-14-13-21(34-25)17-33-24-8-4-3-7-23(24)32-2/h3-4,7-14,16H,5-6,15,17H2,1-2H3,(H,28,29). The van der Waals surface area contributed by atoms with E-state index in [-0.39, 0.29) is 24.1 Å². The number of H-pyrrole nitrogens is 1. The average Bonchev–Trinajstić information content (AvgIpc) is 3.53. The third-order valence-corrected chi connectivity index (χ3v) is 5.37. The highest BCUT2D eigenvalue weighted by Crippen LogP contribution is 2.27. The monoisotopic (exact) mass is 463 g/mol. The molecule has 0 saturated heterocycles. The van der Waals surface area contributed by atoms with Crippen LogP contribution in [0, 0.1) is 5.82 Å². The molecule has 0 aliphatic heterocycles. The summed E-state index contributed by atoms with van der Waals surface area (Å²) >= 11 is 0. The number of nitrogens with one attached hydrogen (secondary N) is 1. The Morgan fingerprint density at radius 1 is 1.09 bits per heavy atom. The van der Waals surface area contributed by atoms with Crippen LogP contribution in [-0.4, -0.2) is 41.7 Å². The number of benzene rings is 2. The number of furan rings is 1. The molecule has 1 amide bonds. The molecule has 7 nitrogen and oxygen atoms in total. The smallest absolute Gasteiger partial charge is 0.289 e. The van der Waals surface area contributed by atoms with Crippen LogP contribution < -0.4 is 9.47 Å². The van der Waals surface area contributed by atoms with Gasteiger partial charge >= 0.3 is 0 Å². The van der Waals surface area contributed by atoms with Crippen LogP contribution >= 0.6 is 0 Å². The van der Waals surface area contributed by atoms with E-state index in [1.165, 1.54) is 12.1 Å². The number of aromatic amines is 1. The number of ether oxygens (including phenoxy) is 2. The quantitative estimate of drug-likeness (QED) is 0.354. The Hall–Kier alpha value is -4.07. The van der Waals surface area contributed by atoms with E-state index in [0.29, 0.717) is 23.8 Å². The fourth-order valence-corrected chi connectivity index (χ4v) is 3.51. The molecule has 4 aromatic rings. The van der Waals surface area contributed by atoms with Crippen molar-refractivity contribution in [3.8, 4) is 22.8 Å². The third-order valence-electron chi connectivity index (χ3n) is 5.37. The summed E-state index contributed by atoms with van der Waals surface area (Å²) in [6.45, 7) is 0.741. The number of nitrogens with zero attached hydrogens (tertiary/aromatic N) is 2. The molecule has 0 fully saturated rings. The lowest BCUT2D eigenvalue weighted by molar-refractivity contribution is 0.0757. The van der Waals surface area contributed by atoms with Crippen molar-refractivity contribution in [2.24, 2.45) is 0 Å². The summed E-state index contributed by atoms with van der Waals surface area (Å²) in [7, 11) is 3.32. The normalized spacial score (nSPS) is 10.8. The molecule has 0 radical (unpaired) electrons. The first-order valence-corrected chi connectivity index (χ1v) is 10.9. The highest BCUT2D eigenvalue weighted by Gasteiger charge is 2.16. The second-order valence-corrected chi connectivity index (χ2v) is 7.82. The zero-order valence-electron chi connectivity index (χ0n) is 19.1. The molecule has 0 unspecified atom stereocenters. The van der Waals surface area contributed by atoms with Crippen LogP contribution in [0.3, 0.4) is 0 Å². The zero-order chi connectivity index (χ0) is 23.9. The molecular formula is C26H26FN3O4. The molecule has 34 heavy (non-hydrogen) atoms. The van der Waals surface area contributed by atoms with Crippen molar-refractivity contribution in [2.45, 2.75) is 19.4 Å². The fourth-order valence-electron chi connectivity index (χ4n) is 3.51. The van der Waals surface area contributed by atoms with Gasteiger partial charge in [0, 0.05) is 24.8 Å². The van der Waals surface area contributed by atoms with Crippen LogP contribution in [0.25, 0.3) is 11.3 Å². The molecule has 4 rings (SSSR count). The number of methoxy groups -OCH3 is 1. The second kappa shape index (κ2) is 10.7. The average molecular weight is 464 g/mol. The number of amides is 1. The molecule has 0 bridgehead atoms. The molecule has 2 aromatic heterocycles. The number of aryl methyl sites for hydroxylation is 1. The summed E-state index contributed by atoms with van der Waals surface area (Å²) in [4.78, 5) is 14.3. The van der Waals surface area contributed by atoms with Crippen molar-refractivity contribution in [1.82, 2.24) is 15.1 Å². The lowest BCUT2D eigenvalue weighted by Gasteiger charge is -2.15. The fraction of sp³-hybridized carbons (Fsp3) is 0.231. The highest BCUT2D eigenvalue weighted by atomic mass is 19.1. The molecule has 0 aliphatic rings. The van der Waals surface area contributed by atoms with Gasteiger partial charge in [0.05, 0.1) is 12.8 Å². The van der Waals surface area contributed by atoms with Crippen molar-refractivity contribution in [3.63, 3.8) is 0 Å². The van der Waals surface area contributed by atoms with Gasteiger partial charge in [-0.2, -0.15) is 5.10 Å². The Labute approximate surface area is 197 Å². The van der Waals surface area contributed by atoms with E-state index in [9.17, 15) is 9.18 Å². The highest BCUT2D eigenvalue weighted by molar-refractivity contribution is 5.91. The third kappa shape index (κ3) is 5.64. The van der Waals surface area contributed by atoms with E-state index >= 15 is 0 Å². The first-order chi connectivity index (χ1) is 16.5. The molecule has 0 atom stereocenters. The van der Waals surface area contributed by atoms with Gasteiger partial charge in [0.1, 0.15) is 18.2 Å². The van der Waals surface area contributed by atoms with Gasteiger partial charge in [-0.1, -0.05) is 12.1 Å². The number of carbonyl (C=O) groups is 1. The van der Waals surface area contributed by atoms with Gasteiger partial charge in [-0.25, -0.2) is 4.39 Å². The molecule has 0 aliphatic carbocycles. The number of aromatic nitrogens is 2. The molecule has 1 N–H and O–H groups in total. The summed E-state index contributed by atoms with van der Waals surface area (Å²) in [5.74, 6) is 1.58. The van der Waals surface area contributed by atoms with Crippen LogP contribution in [0.2, 0.25) is 0 Å². The van der Waals surface area contributed by atoms with Gasteiger partial charge in [0.15, 0.2) is 17.3 Å². The van der Waals surface area contributed by atoms with Crippen LogP contribution in [-0.2, 0) is 13.0 Å². The maximum absolute atomic E-state index is 13.1. The molecule has 2 heterocycles. The van der Waals surface area contributed by atoms with E-state index in [2.05, 4.69) is 10.2 Å². The predicted octanol–water partition coefficient (Wildman–Crippen LogP) is 5.10. The minimum Gasteiger partial charge on any atom is -0.493 e. The van der Waals surface area contributed by atoms with E-state index in [0.717, 1.165) is 29.8 Å². The summed E-state index contributed by atoms with van der Waals surface area (Å²) in [5.41, 5.74) is 2.56. The Kier molecular flexibility index (Phi) is 7.27. The predicted molar refractivity (Wildman–Crippen MR) is 125 cm³/mol. The number of hydrogen-bond donors (Lipinski definition) is 1. The summed E-state index contributed by atoms with van der Waals surface area (Å²) in [6.07, 6.45) is 1.47. The van der Waals surface area contributed by atoms with Crippen LogP contribution in [0.1, 0.15) is 28.4 Å². The second-order valence-electron chi connectivity index (χ2n) is 7.82. The lowest BCUT2D eigenvalue weighted by atomic mass is 10.1. The summed E-state index contributed by atoms with van der Waals surface area (Å²) in [5, 5.41) is 7.29. The minimum absolute atomic E-state index is 0.188. The minimum atomic E-state index is -0.278. The Balaban J connectivity index is 1.26. The molecule has 8 heteroatoms. The van der Waals surface area contributed by atoms with Crippen LogP contribution in [0.15, 0.2) is 71.1 Å². The largest absolute Gasteiger partial charge is 0.493 e. The van der Waals surface area contributed by atoms with E-state index in [1.807, 2.05) is 30.3 Å². The molecule has 0 saturated carbocycles. The number of halogens is 1. The SMILES string of the molecule is COc1ccccc1OCc1ccc(C(=O)N(C)CCCc2cc(-c3ccc(F)cc3)n[nH]2)o1. The number of carbonyl (C=O) groups excluding carboxylic acids is 1. The van der Waals surface area contributed by atoms with Crippen molar-refractivity contribution >= 4 is 5.91 Å². The lowest BCUT2D eigenvalue weighted by Crippen LogP contribution is -2.27. The van der Waals surface area contributed by atoms with E-state index in [4.69, 9.17) is 13.9 Å². The number of hydrogen-bond acceptors (Lipinski definition) is 5. The topological polar surface area (TPSA) is 80.6 Å². The maximum atomic E-state index is 13.1. The van der Waals surface area contributed by atoms with Crippen molar-refractivity contribution in [1.29, 1.82) is 0 Å². The van der Waals surface area contributed by atoms with Crippen LogP contribution in [0.5, 0.6) is 11.5 Å². The number of para-hydroxylation sites is 2.